The van der Waals surface area contributed by atoms with Gasteiger partial charge in [0.25, 0.3) is 10.0 Å². The Morgan fingerprint density at radius 1 is 1.47 bits per heavy atom. The van der Waals surface area contributed by atoms with Crippen molar-refractivity contribution < 1.29 is 8.42 Å². The zero-order chi connectivity index (χ0) is 14.2. The van der Waals surface area contributed by atoms with Gasteiger partial charge in [0.05, 0.1) is 0 Å². The van der Waals surface area contributed by atoms with E-state index in [0.29, 0.717) is 30.9 Å². The number of aryl methyl sites for hydroxylation is 2. The number of sulfonamides is 1. The molecule has 1 aromatic rings. The highest BCUT2D eigenvalue weighted by Crippen LogP contribution is 2.23. The van der Waals surface area contributed by atoms with Crippen LogP contribution in [0.5, 0.6) is 0 Å². The molecular weight excluding hydrogens is 264 g/mol. The lowest BCUT2D eigenvalue weighted by molar-refractivity contribution is 0.227. The van der Waals surface area contributed by atoms with E-state index in [1.807, 2.05) is 7.05 Å². The topological polar surface area (TPSA) is 67.2 Å². The molecule has 6 nitrogen and oxygen atoms in total. The van der Waals surface area contributed by atoms with Crippen LogP contribution in [0.15, 0.2) is 11.2 Å². The molecule has 0 saturated carbocycles. The summed E-state index contributed by atoms with van der Waals surface area (Å²) in [7, 11) is 0.272. The standard InChI is InChI=1S/C12H22N4O2S/c1-9-7-16(6-5-11(9)13-3)19(17,18)12-8-15(4)10(2)14-12/h8-9,11,13H,5-7H2,1-4H3. The average Bonchev–Trinajstić information content (AvgIpc) is 2.70. The van der Waals surface area contributed by atoms with Crippen molar-refractivity contribution in [3.63, 3.8) is 0 Å². The van der Waals surface area contributed by atoms with Crippen LogP contribution in [0.25, 0.3) is 0 Å². The second-order valence-corrected chi connectivity index (χ2v) is 7.15. The summed E-state index contributed by atoms with van der Waals surface area (Å²) >= 11 is 0. The Morgan fingerprint density at radius 2 is 2.16 bits per heavy atom. The van der Waals surface area contributed by atoms with E-state index in [1.165, 1.54) is 0 Å². The maximum absolute atomic E-state index is 12.5. The second kappa shape index (κ2) is 5.22. The monoisotopic (exact) mass is 286 g/mol. The molecule has 2 heterocycles. The molecule has 0 aliphatic carbocycles. The SMILES string of the molecule is CNC1CCN(S(=O)(=O)c2cn(C)c(C)n2)CC1C. The zero-order valence-electron chi connectivity index (χ0n) is 11.9. The van der Waals surface area contributed by atoms with E-state index < -0.39 is 10.0 Å². The van der Waals surface area contributed by atoms with Crippen molar-refractivity contribution in [3.8, 4) is 0 Å². The summed E-state index contributed by atoms with van der Waals surface area (Å²) in [6.45, 7) is 4.97. The first-order valence-corrected chi connectivity index (χ1v) is 7.97. The Balaban J connectivity index is 2.22. The fraction of sp³-hybridized carbons (Fsp3) is 0.750. The Labute approximate surface area is 114 Å². The number of hydrogen-bond donors (Lipinski definition) is 1. The van der Waals surface area contributed by atoms with E-state index in [-0.39, 0.29) is 5.03 Å². The quantitative estimate of drug-likeness (QED) is 0.870. The molecule has 0 amide bonds. The molecule has 2 atom stereocenters. The first kappa shape index (κ1) is 14.5. The van der Waals surface area contributed by atoms with Gasteiger partial charge in [-0.25, -0.2) is 13.4 Å². The van der Waals surface area contributed by atoms with Gasteiger partial charge in [0.1, 0.15) is 5.82 Å². The van der Waals surface area contributed by atoms with Crippen LogP contribution in [0, 0.1) is 12.8 Å². The lowest BCUT2D eigenvalue weighted by Gasteiger charge is -2.35. The minimum absolute atomic E-state index is 0.155. The molecule has 7 heteroatoms. The Bertz CT molecular complexity index is 533. The molecule has 0 spiro atoms. The molecular formula is C12H22N4O2S. The molecule has 1 aliphatic heterocycles. The first-order valence-electron chi connectivity index (χ1n) is 6.53. The van der Waals surface area contributed by atoms with Gasteiger partial charge >= 0.3 is 0 Å². The maximum Gasteiger partial charge on any atom is 0.262 e. The van der Waals surface area contributed by atoms with Gasteiger partial charge in [0.2, 0.25) is 0 Å². The second-order valence-electron chi connectivity index (χ2n) is 5.26. The highest BCUT2D eigenvalue weighted by molar-refractivity contribution is 7.89. The summed E-state index contributed by atoms with van der Waals surface area (Å²) in [6.07, 6.45) is 2.42. The third kappa shape index (κ3) is 2.68. The van der Waals surface area contributed by atoms with Crippen molar-refractivity contribution in [2.24, 2.45) is 13.0 Å². The van der Waals surface area contributed by atoms with Crippen LogP contribution in [0.2, 0.25) is 0 Å². The Kier molecular flexibility index (Phi) is 3.98. The van der Waals surface area contributed by atoms with E-state index in [1.54, 1.807) is 29.0 Å². The van der Waals surface area contributed by atoms with Gasteiger partial charge in [-0.1, -0.05) is 6.92 Å². The van der Waals surface area contributed by atoms with Gasteiger partial charge in [0, 0.05) is 32.4 Å². The molecule has 1 aromatic heterocycles. The number of rotatable bonds is 3. The molecule has 19 heavy (non-hydrogen) atoms. The summed E-state index contributed by atoms with van der Waals surface area (Å²) in [4.78, 5) is 4.14. The van der Waals surface area contributed by atoms with Gasteiger partial charge in [-0.05, 0) is 26.3 Å². The largest absolute Gasteiger partial charge is 0.337 e. The van der Waals surface area contributed by atoms with Crippen LogP contribution in [0.3, 0.4) is 0 Å². The summed E-state index contributed by atoms with van der Waals surface area (Å²) < 4.78 is 28.3. The predicted octanol–water partition coefficient (Wildman–Crippen LogP) is 0.347. The highest BCUT2D eigenvalue weighted by atomic mass is 32.2. The van der Waals surface area contributed by atoms with E-state index in [9.17, 15) is 8.42 Å². The molecule has 2 rings (SSSR count). The summed E-state index contributed by atoms with van der Waals surface area (Å²) in [5.41, 5.74) is 0. The molecule has 0 bridgehead atoms. The summed E-state index contributed by atoms with van der Waals surface area (Å²) in [5.74, 6) is 1.01. The van der Waals surface area contributed by atoms with Gasteiger partial charge in [-0.3, -0.25) is 0 Å². The molecule has 0 aromatic carbocycles. The van der Waals surface area contributed by atoms with E-state index in [2.05, 4.69) is 17.2 Å². The molecule has 2 unspecified atom stereocenters. The van der Waals surface area contributed by atoms with Gasteiger partial charge in [-0.2, -0.15) is 4.31 Å². The number of nitrogens with zero attached hydrogens (tertiary/aromatic N) is 3. The van der Waals surface area contributed by atoms with Crippen LogP contribution < -0.4 is 5.32 Å². The Morgan fingerprint density at radius 3 is 2.63 bits per heavy atom. The van der Waals surface area contributed by atoms with Crippen LogP contribution in [-0.4, -0.2) is 48.5 Å². The third-order valence-electron chi connectivity index (χ3n) is 3.93. The molecule has 1 fully saturated rings. The first-order chi connectivity index (χ1) is 8.86. The average molecular weight is 286 g/mol. The molecule has 1 saturated heterocycles. The van der Waals surface area contributed by atoms with Crippen molar-refractivity contribution in [1.29, 1.82) is 0 Å². The maximum atomic E-state index is 12.5. The number of imidazole rings is 1. The van der Waals surface area contributed by atoms with Crippen molar-refractivity contribution in [3.05, 3.63) is 12.0 Å². The fourth-order valence-electron chi connectivity index (χ4n) is 2.54. The smallest absolute Gasteiger partial charge is 0.262 e. The van der Waals surface area contributed by atoms with Crippen molar-refractivity contribution >= 4 is 10.0 Å². The van der Waals surface area contributed by atoms with E-state index in [0.717, 1.165) is 6.42 Å². The van der Waals surface area contributed by atoms with Crippen molar-refractivity contribution in [2.45, 2.75) is 31.3 Å². The van der Waals surface area contributed by atoms with Crippen LogP contribution in [0.4, 0.5) is 0 Å². The van der Waals surface area contributed by atoms with Crippen molar-refractivity contribution in [2.75, 3.05) is 20.1 Å². The lowest BCUT2D eigenvalue weighted by Crippen LogP contribution is -2.49. The molecule has 0 radical (unpaired) electrons. The van der Waals surface area contributed by atoms with E-state index >= 15 is 0 Å². The molecule has 1 aliphatic rings. The fourth-order valence-corrected chi connectivity index (χ4v) is 4.12. The number of piperidine rings is 1. The number of nitrogens with one attached hydrogen (secondary N) is 1. The summed E-state index contributed by atoms with van der Waals surface area (Å²) in [6, 6.07) is 0.386. The van der Waals surface area contributed by atoms with Crippen LogP contribution in [-0.2, 0) is 17.1 Å². The van der Waals surface area contributed by atoms with Crippen LogP contribution in [0.1, 0.15) is 19.2 Å². The number of hydrogen-bond acceptors (Lipinski definition) is 4. The number of aromatic nitrogens is 2. The minimum atomic E-state index is -3.45. The minimum Gasteiger partial charge on any atom is -0.337 e. The summed E-state index contributed by atoms with van der Waals surface area (Å²) in [5, 5.41) is 3.39. The van der Waals surface area contributed by atoms with Crippen LogP contribution >= 0.6 is 0 Å². The normalized spacial score (nSPS) is 25.7. The third-order valence-corrected chi connectivity index (χ3v) is 5.67. The lowest BCUT2D eigenvalue weighted by atomic mass is 9.96. The molecule has 1 N–H and O–H groups in total. The van der Waals surface area contributed by atoms with Gasteiger partial charge in [-0.15, -0.1) is 0 Å². The zero-order valence-corrected chi connectivity index (χ0v) is 12.7. The Hall–Kier alpha value is -0.920. The van der Waals surface area contributed by atoms with Gasteiger partial charge < -0.3 is 9.88 Å². The van der Waals surface area contributed by atoms with Gasteiger partial charge in [0.15, 0.2) is 5.03 Å². The molecule has 108 valence electrons. The predicted molar refractivity (Wildman–Crippen MR) is 73.3 cm³/mol. The highest BCUT2D eigenvalue weighted by Gasteiger charge is 2.34. The van der Waals surface area contributed by atoms with E-state index in [4.69, 9.17) is 0 Å². The van der Waals surface area contributed by atoms with Crippen molar-refractivity contribution in [1.82, 2.24) is 19.2 Å².